The van der Waals surface area contributed by atoms with Gasteiger partial charge < -0.3 is 20.4 Å². The summed E-state index contributed by atoms with van der Waals surface area (Å²) in [4.78, 5) is 21.3. The number of carboxylic acids is 2. The van der Waals surface area contributed by atoms with Gasteiger partial charge in [-0.15, -0.1) is 0 Å². The van der Waals surface area contributed by atoms with Crippen molar-refractivity contribution in [2.45, 2.75) is 12.2 Å². The second-order valence-corrected chi connectivity index (χ2v) is 3.70. The number of aliphatic carboxylic acids is 1. The van der Waals surface area contributed by atoms with Gasteiger partial charge in [-0.1, -0.05) is 11.6 Å². The van der Waals surface area contributed by atoms with Crippen LogP contribution in [0.3, 0.4) is 0 Å². The molecule has 1 rings (SSSR count). The molecule has 0 saturated heterocycles. The Morgan fingerprint density at radius 3 is 2.24 bits per heavy atom. The fourth-order valence-corrected chi connectivity index (χ4v) is 1.46. The lowest BCUT2D eigenvalue weighted by Crippen LogP contribution is -2.28. The van der Waals surface area contributed by atoms with Gasteiger partial charge in [-0.05, 0) is 23.8 Å². The molecule has 4 N–H and O–H groups in total. The maximum atomic E-state index is 10.8. The fourth-order valence-electron chi connectivity index (χ4n) is 1.28. The molecule has 0 aliphatic carbocycles. The van der Waals surface area contributed by atoms with Gasteiger partial charge in [0.15, 0.2) is 6.10 Å². The number of benzene rings is 1. The molecule has 1 aromatic carbocycles. The molecule has 0 fully saturated rings. The number of carboxylic acid groups (broad SMARTS) is 2. The molecule has 0 amide bonds. The lowest BCUT2D eigenvalue weighted by molar-refractivity contribution is -0.153. The molecule has 0 bridgehead atoms. The molecule has 0 saturated carbocycles. The van der Waals surface area contributed by atoms with Gasteiger partial charge in [0.2, 0.25) is 0 Å². The number of aliphatic hydroxyl groups is 2. The molecule has 2 unspecified atom stereocenters. The molecule has 6 nitrogen and oxygen atoms in total. The van der Waals surface area contributed by atoms with E-state index in [-0.39, 0.29) is 16.1 Å². The highest BCUT2D eigenvalue weighted by Crippen LogP contribution is 2.25. The van der Waals surface area contributed by atoms with Gasteiger partial charge >= 0.3 is 11.9 Å². The molecule has 0 aliphatic rings. The van der Waals surface area contributed by atoms with Crippen molar-refractivity contribution in [3.63, 3.8) is 0 Å². The van der Waals surface area contributed by atoms with Crippen LogP contribution >= 0.6 is 11.6 Å². The zero-order valence-electron chi connectivity index (χ0n) is 8.37. The van der Waals surface area contributed by atoms with E-state index < -0.39 is 24.1 Å². The number of carbonyl (C=O) groups is 2. The minimum Gasteiger partial charge on any atom is -0.479 e. The van der Waals surface area contributed by atoms with Crippen LogP contribution in [0.15, 0.2) is 18.2 Å². The summed E-state index contributed by atoms with van der Waals surface area (Å²) < 4.78 is 0. The Morgan fingerprint density at radius 2 is 1.76 bits per heavy atom. The maximum Gasteiger partial charge on any atom is 0.336 e. The van der Waals surface area contributed by atoms with Crippen molar-refractivity contribution < 1.29 is 30.0 Å². The Kier molecular flexibility index (Phi) is 4.06. The number of halogens is 1. The second-order valence-electron chi connectivity index (χ2n) is 3.26. The number of aromatic carboxylic acids is 1. The largest absolute Gasteiger partial charge is 0.479 e. The first-order valence-electron chi connectivity index (χ1n) is 4.46. The molecule has 0 radical (unpaired) electrons. The van der Waals surface area contributed by atoms with Gasteiger partial charge in [-0.2, -0.15) is 0 Å². The first-order chi connectivity index (χ1) is 7.84. The third-order valence-electron chi connectivity index (χ3n) is 2.11. The van der Waals surface area contributed by atoms with Crippen molar-refractivity contribution in [2.24, 2.45) is 0 Å². The topological polar surface area (TPSA) is 115 Å². The minimum absolute atomic E-state index is 0.127. The highest BCUT2D eigenvalue weighted by Gasteiger charge is 2.28. The van der Waals surface area contributed by atoms with Gasteiger partial charge in [0, 0.05) is 5.02 Å². The van der Waals surface area contributed by atoms with Crippen molar-refractivity contribution >= 4 is 23.5 Å². The van der Waals surface area contributed by atoms with E-state index in [4.69, 9.17) is 26.9 Å². The van der Waals surface area contributed by atoms with Crippen LogP contribution in [-0.2, 0) is 4.79 Å². The zero-order valence-corrected chi connectivity index (χ0v) is 9.13. The second kappa shape index (κ2) is 5.13. The number of aliphatic hydroxyl groups excluding tert-OH is 2. The van der Waals surface area contributed by atoms with E-state index in [9.17, 15) is 14.7 Å². The van der Waals surface area contributed by atoms with E-state index >= 15 is 0 Å². The van der Waals surface area contributed by atoms with E-state index in [2.05, 4.69) is 0 Å². The summed E-state index contributed by atoms with van der Waals surface area (Å²) >= 11 is 5.62. The van der Waals surface area contributed by atoms with Crippen molar-refractivity contribution in [2.75, 3.05) is 0 Å². The first kappa shape index (κ1) is 13.4. The summed E-state index contributed by atoms with van der Waals surface area (Å²) in [6, 6.07) is 3.51. The minimum atomic E-state index is -2.12. The molecule has 0 aliphatic heterocycles. The van der Waals surface area contributed by atoms with Crippen LogP contribution in [-0.4, -0.2) is 38.5 Å². The van der Waals surface area contributed by atoms with Gasteiger partial charge in [0.25, 0.3) is 0 Å². The third kappa shape index (κ3) is 2.94. The zero-order chi connectivity index (χ0) is 13.2. The number of rotatable bonds is 4. The summed E-state index contributed by atoms with van der Waals surface area (Å²) in [5.74, 6) is -3.01. The third-order valence-corrected chi connectivity index (χ3v) is 2.35. The molecule has 0 aromatic heterocycles. The van der Waals surface area contributed by atoms with Crippen LogP contribution in [0.25, 0.3) is 0 Å². The predicted octanol–water partition coefficient (Wildman–Crippen LogP) is 0.517. The monoisotopic (exact) mass is 260 g/mol. The molecule has 92 valence electrons. The normalized spacial score (nSPS) is 14.1. The standard InChI is InChI=1S/C10H9ClO6/c11-4-1-2-5(9(14)15)6(3-4)7(12)8(13)10(16)17/h1-3,7-8,12-13H,(H,14,15)(H,16,17). The predicted molar refractivity (Wildman–Crippen MR) is 57.0 cm³/mol. The van der Waals surface area contributed by atoms with Gasteiger partial charge in [-0.25, -0.2) is 9.59 Å². The van der Waals surface area contributed by atoms with Crippen molar-refractivity contribution in [1.82, 2.24) is 0 Å². The van der Waals surface area contributed by atoms with E-state index in [1.54, 1.807) is 0 Å². The quantitative estimate of drug-likeness (QED) is 0.627. The van der Waals surface area contributed by atoms with Crippen molar-refractivity contribution in [3.8, 4) is 0 Å². The van der Waals surface area contributed by atoms with Gasteiger partial charge in [-0.3, -0.25) is 0 Å². The summed E-state index contributed by atoms with van der Waals surface area (Å²) in [5, 5.41) is 36.2. The molecular formula is C10H9ClO6. The molecule has 17 heavy (non-hydrogen) atoms. The van der Waals surface area contributed by atoms with E-state index in [1.165, 1.54) is 6.07 Å². The smallest absolute Gasteiger partial charge is 0.336 e. The number of hydrogen-bond acceptors (Lipinski definition) is 4. The Balaban J connectivity index is 3.23. The van der Waals surface area contributed by atoms with Crippen LogP contribution in [0, 0.1) is 0 Å². The Morgan fingerprint density at radius 1 is 1.18 bits per heavy atom. The van der Waals surface area contributed by atoms with E-state index in [0.29, 0.717) is 0 Å². The van der Waals surface area contributed by atoms with Gasteiger partial charge in [0.1, 0.15) is 6.10 Å². The average Bonchev–Trinajstić information content (AvgIpc) is 2.26. The summed E-state index contributed by atoms with van der Waals surface area (Å²) in [5.41, 5.74) is -0.567. The molecular weight excluding hydrogens is 252 g/mol. The Bertz CT molecular complexity index is 458. The fraction of sp³-hybridized carbons (Fsp3) is 0.200. The lowest BCUT2D eigenvalue weighted by atomic mass is 9.98. The maximum absolute atomic E-state index is 10.8. The van der Waals surface area contributed by atoms with Crippen molar-refractivity contribution in [3.05, 3.63) is 34.3 Å². The van der Waals surface area contributed by atoms with Crippen molar-refractivity contribution in [1.29, 1.82) is 0 Å². The average molecular weight is 261 g/mol. The highest BCUT2D eigenvalue weighted by molar-refractivity contribution is 6.30. The van der Waals surface area contributed by atoms with Crippen LogP contribution < -0.4 is 0 Å². The summed E-state index contributed by atoms with van der Waals surface area (Å²) in [6.45, 7) is 0. The lowest BCUT2D eigenvalue weighted by Gasteiger charge is -2.16. The van der Waals surface area contributed by atoms with E-state index in [1.807, 2.05) is 0 Å². The van der Waals surface area contributed by atoms with Crippen LogP contribution in [0.4, 0.5) is 0 Å². The molecule has 1 aromatic rings. The van der Waals surface area contributed by atoms with Crippen LogP contribution in [0.5, 0.6) is 0 Å². The van der Waals surface area contributed by atoms with Crippen LogP contribution in [0.2, 0.25) is 5.02 Å². The highest BCUT2D eigenvalue weighted by atomic mass is 35.5. The van der Waals surface area contributed by atoms with Crippen LogP contribution in [0.1, 0.15) is 22.0 Å². The summed E-state index contributed by atoms with van der Waals surface area (Å²) in [6.07, 6.45) is -3.98. The van der Waals surface area contributed by atoms with Gasteiger partial charge in [0.05, 0.1) is 5.56 Å². The molecule has 0 spiro atoms. The molecule has 0 heterocycles. The molecule has 2 atom stereocenters. The molecule has 7 heteroatoms. The Labute approximate surface area is 101 Å². The summed E-state index contributed by atoms with van der Waals surface area (Å²) in [7, 11) is 0. The van der Waals surface area contributed by atoms with E-state index in [0.717, 1.165) is 12.1 Å². The Hall–Kier alpha value is -1.63. The number of hydrogen-bond donors (Lipinski definition) is 4. The SMILES string of the molecule is O=C(O)c1ccc(Cl)cc1C(O)C(O)C(=O)O. The first-order valence-corrected chi connectivity index (χ1v) is 4.84.